The van der Waals surface area contributed by atoms with E-state index < -0.39 is 0 Å². The monoisotopic (exact) mass is 290 g/mol. The first kappa shape index (κ1) is 14.4. The summed E-state index contributed by atoms with van der Waals surface area (Å²) < 4.78 is 5.74. The molecule has 0 saturated carbocycles. The van der Waals surface area contributed by atoms with Crippen molar-refractivity contribution in [3.8, 4) is 5.75 Å². The van der Waals surface area contributed by atoms with E-state index in [-0.39, 0.29) is 5.91 Å². The summed E-state index contributed by atoms with van der Waals surface area (Å²) >= 11 is 1.70. The molecule has 0 bridgehead atoms. The second kappa shape index (κ2) is 6.43. The van der Waals surface area contributed by atoms with Crippen LogP contribution >= 0.6 is 11.3 Å². The number of amides is 1. The minimum Gasteiger partial charge on any atom is -0.492 e. The molecule has 2 N–H and O–H groups in total. The van der Waals surface area contributed by atoms with Gasteiger partial charge in [-0.3, -0.25) is 4.79 Å². The Balaban J connectivity index is 2.09. The predicted molar refractivity (Wildman–Crippen MR) is 82.4 cm³/mol. The molecule has 1 amide bonds. The van der Waals surface area contributed by atoms with Crippen molar-refractivity contribution >= 4 is 22.9 Å². The van der Waals surface area contributed by atoms with E-state index in [1.807, 2.05) is 11.4 Å². The van der Waals surface area contributed by atoms with Gasteiger partial charge in [-0.25, -0.2) is 0 Å². The van der Waals surface area contributed by atoms with Crippen LogP contribution < -0.4 is 10.5 Å². The number of nitrogens with two attached hydrogens (primary N) is 1. The van der Waals surface area contributed by atoms with E-state index in [9.17, 15) is 4.79 Å². The molecule has 0 saturated heterocycles. The molecule has 0 aliphatic carbocycles. The number of hydrogen-bond donors (Lipinski definition) is 1. The number of carbonyl (C=O) groups excluding carboxylic acids is 1. The Hall–Kier alpha value is -2.01. The maximum absolute atomic E-state index is 12.1. The Labute approximate surface area is 122 Å². The van der Waals surface area contributed by atoms with Crippen LogP contribution in [0.5, 0.6) is 5.75 Å². The van der Waals surface area contributed by atoms with E-state index in [4.69, 9.17) is 10.5 Å². The van der Waals surface area contributed by atoms with Gasteiger partial charge >= 0.3 is 0 Å². The Kier molecular flexibility index (Phi) is 4.63. The van der Waals surface area contributed by atoms with E-state index in [0.717, 1.165) is 6.42 Å². The zero-order valence-electron chi connectivity index (χ0n) is 11.6. The summed E-state index contributed by atoms with van der Waals surface area (Å²) in [5.41, 5.74) is 6.89. The number of anilines is 1. The van der Waals surface area contributed by atoms with Gasteiger partial charge in [-0.15, -0.1) is 11.3 Å². The van der Waals surface area contributed by atoms with Gasteiger partial charge in [0, 0.05) is 37.1 Å². The molecule has 2 rings (SSSR count). The number of ether oxygens (including phenoxy) is 1. The first-order valence-electron chi connectivity index (χ1n) is 6.34. The molecule has 1 aromatic heterocycles. The zero-order valence-corrected chi connectivity index (χ0v) is 12.4. The van der Waals surface area contributed by atoms with Gasteiger partial charge in [0.05, 0.1) is 12.2 Å². The fourth-order valence-electron chi connectivity index (χ4n) is 1.79. The third-order valence-corrected chi connectivity index (χ3v) is 3.76. The van der Waals surface area contributed by atoms with Gasteiger partial charge in [0.15, 0.2) is 0 Å². The highest BCUT2D eigenvalue weighted by Gasteiger charge is 2.14. The molecule has 4 nitrogen and oxygen atoms in total. The van der Waals surface area contributed by atoms with Gasteiger partial charge in [0.1, 0.15) is 5.75 Å². The quantitative estimate of drug-likeness (QED) is 0.861. The van der Waals surface area contributed by atoms with Crippen molar-refractivity contribution in [3.05, 3.63) is 46.2 Å². The van der Waals surface area contributed by atoms with E-state index in [2.05, 4.69) is 6.07 Å². The number of benzene rings is 1. The van der Waals surface area contributed by atoms with Crippen molar-refractivity contribution in [2.45, 2.75) is 6.42 Å². The van der Waals surface area contributed by atoms with Crippen molar-refractivity contribution in [2.75, 3.05) is 26.4 Å². The smallest absolute Gasteiger partial charge is 0.257 e. The lowest BCUT2D eigenvalue weighted by atomic mass is 10.1. The first-order chi connectivity index (χ1) is 9.58. The normalized spacial score (nSPS) is 10.3. The average molecular weight is 290 g/mol. The lowest BCUT2D eigenvalue weighted by Crippen LogP contribution is -2.22. The minimum absolute atomic E-state index is 0.0869. The predicted octanol–water partition coefficient (Wildman–Crippen LogP) is 2.65. The van der Waals surface area contributed by atoms with Gasteiger partial charge < -0.3 is 15.4 Å². The summed E-state index contributed by atoms with van der Waals surface area (Å²) in [5.74, 6) is 0.455. The molecular formula is C15H18N2O2S. The third kappa shape index (κ3) is 3.51. The lowest BCUT2D eigenvalue weighted by molar-refractivity contribution is 0.0823. The Morgan fingerprint density at radius 3 is 2.80 bits per heavy atom. The van der Waals surface area contributed by atoms with Gasteiger partial charge in [0.2, 0.25) is 0 Å². The summed E-state index contributed by atoms with van der Waals surface area (Å²) in [5, 5.41) is 2.04. The molecule has 0 unspecified atom stereocenters. The van der Waals surface area contributed by atoms with Gasteiger partial charge in [-0.2, -0.15) is 0 Å². The van der Waals surface area contributed by atoms with Crippen LogP contribution in [0.1, 0.15) is 15.2 Å². The number of hydrogen-bond acceptors (Lipinski definition) is 4. The topological polar surface area (TPSA) is 55.6 Å². The summed E-state index contributed by atoms with van der Waals surface area (Å²) in [4.78, 5) is 14.9. The van der Waals surface area contributed by atoms with Crippen molar-refractivity contribution in [2.24, 2.45) is 0 Å². The Bertz CT molecular complexity index is 580. The van der Waals surface area contributed by atoms with Crippen LogP contribution in [0.4, 0.5) is 5.69 Å². The third-order valence-electron chi connectivity index (χ3n) is 2.83. The highest BCUT2D eigenvalue weighted by molar-refractivity contribution is 7.09. The van der Waals surface area contributed by atoms with Crippen LogP contribution in [0.3, 0.4) is 0 Å². The number of thiophene rings is 1. The lowest BCUT2D eigenvalue weighted by Gasteiger charge is -2.15. The molecule has 0 aliphatic heterocycles. The molecule has 1 heterocycles. The maximum Gasteiger partial charge on any atom is 0.257 e. The molecule has 106 valence electrons. The molecule has 5 heteroatoms. The van der Waals surface area contributed by atoms with E-state index in [1.165, 1.54) is 9.78 Å². The fraction of sp³-hybridized carbons (Fsp3) is 0.267. The zero-order chi connectivity index (χ0) is 14.5. The van der Waals surface area contributed by atoms with Gasteiger partial charge in [0.25, 0.3) is 5.91 Å². The maximum atomic E-state index is 12.1. The highest BCUT2D eigenvalue weighted by Crippen LogP contribution is 2.23. The standard InChI is InChI=1S/C15H18N2O2S/c1-17(2)15(18)13-6-5-11(16)10-14(13)19-8-7-12-4-3-9-20-12/h3-6,9-10H,7-8,16H2,1-2H3. The number of nitrogens with zero attached hydrogens (tertiary/aromatic N) is 1. The number of rotatable bonds is 5. The molecule has 2 aromatic rings. The SMILES string of the molecule is CN(C)C(=O)c1ccc(N)cc1OCCc1cccs1. The minimum atomic E-state index is -0.0869. The van der Waals surface area contributed by atoms with Crippen LogP contribution in [0.15, 0.2) is 35.7 Å². The van der Waals surface area contributed by atoms with Gasteiger partial charge in [-0.05, 0) is 23.6 Å². The fourth-order valence-corrected chi connectivity index (χ4v) is 2.48. The van der Waals surface area contributed by atoms with Crippen molar-refractivity contribution in [3.63, 3.8) is 0 Å². The summed E-state index contributed by atoms with van der Waals surface area (Å²) in [6.45, 7) is 0.525. The molecule has 0 atom stereocenters. The van der Waals surface area contributed by atoms with Crippen LogP contribution in [-0.2, 0) is 6.42 Å². The molecule has 0 aliphatic rings. The molecule has 1 aromatic carbocycles. The van der Waals surface area contributed by atoms with Gasteiger partial charge in [-0.1, -0.05) is 6.07 Å². The molecule has 0 spiro atoms. The number of nitrogen functional groups attached to an aromatic ring is 1. The second-order valence-corrected chi connectivity index (χ2v) is 5.67. The summed E-state index contributed by atoms with van der Waals surface area (Å²) in [7, 11) is 3.43. The van der Waals surface area contributed by atoms with E-state index in [1.54, 1.807) is 43.6 Å². The molecule has 20 heavy (non-hydrogen) atoms. The number of carbonyl (C=O) groups is 1. The Morgan fingerprint density at radius 1 is 1.35 bits per heavy atom. The van der Waals surface area contributed by atoms with Crippen molar-refractivity contribution in [1.29, 1.82) is 0 Å². The summed E-state index contributed by atoms with van der Waals surface area (Å²) in [6, 6.07) is 9.20. The van der Waals surface area contributed by atoms with Crippen molar-refractivity contribution in [1.82, 2.24) is 4.90 Å². The molecule has 0 fully saturated rings. The van der Waals surface area contributed by atoms with E-state index >= 15 is 0 Å². The second-order valence-electron chi connectivity index (χ2n) is 4.63. The van der Waals surface area contributed by atoms with Crippen LogP contribution in [0.25, 0.3) is 0 Å². The highest BCUT2D eigenvalue weighted by atomic mass is 32.1. The van der Waals surface area contributed by atoms with E-state index in [0.29, 0.717) is 23.6 Å². The average Bonchev–Trinajstić information content (AvgIpc) is 2.91. The van der Waals surface area contributed by atoms with Crippen LogP contribution in [0, 0.1) is 0 Å². The first-order valence-corrected chi connectivity index (χ1v) is 7.22. The largest absolute Gasteiger partial charge is 0.492 e. The van der Waals surface area contributed by atoms with Crippen LogP contribution in [0.2, 0.25) is 0 Å². The molecular weight excluding hydrogens is 272 g/mol. The van der Waals surface area contributed by atoms with Crippen molar-refractivity contribution < 1.29 is 9.53 Å². The summed E-state index contributed by atoms with van der Waals surface area (Å²) in [6.07, 6.45) is 0.821. The Morgan fingerprint density at radius 2 is 2.15 bits per heavy atom. The molecule has 0 radical (unpaired) electrons. The van der Waals surface area contributed by atoms with Crippen LogP contribution in [-0.4, -0.2) is 31.5 Å².